The highest BCUT2D eigenvalue weighted by Crippen LogP contribution is 2.23. The third kappa shape index (κ3) is 4.45. The Kier molecular flexibility index (Phi) is 5.91. The van der Waals surface area contributed by atoms with Crippen LogP contribution in [0.2, 0.25) is 0 Å². The number of nitrogens with zero attached hydrogens (tertiary/aromatic N) is 1. The van der Waals surface area contributed by atoms with E-state index in [9.17, 15) is 14.4 Å². The van der Waals surface area contributed by atoms with Gasteiger partial charge < -0.3 is 25.2 Å². The van der Waals surface area contributed by atoms with Gasteiger partial charge >= 0.3 is 11.9 Å². The highest BCUT2D eigenvalue weighted by molar-refractivity contribution is 6.08. The van der Waals surface area contributed by atoms with Gasteiger partial charge in [0.25, 0.3) is 5.91 Å². The SMILES string of the molecule is COC(=O)C1=C(Nc2cccc(C=CC(=O)O)c2)C(=O)N(CCO)C1. The Bertz CT molecular complexity index is 753. The van der Waals surface area contributed by atoms with Crippen molar-refractivity contribution < 1.29 is 29.3 Å². The van der Waals surface area contributed by atoms with E-state index in [1.807, 2.05) is 0 Å². The zero-order chi connectivity index (χ0) is 18.4. The van der Waals surface area contributed by atoms with Crippen molar-refractivity contribution in [3.8, 4) is 0 Å². The van der Waals surface area contributed by atoms with Crippen LogP contribution in [0.3, 0.4) is 0 Å². The van der Waals surface area contributed by atoms with E-state index in [0.29, 0.717) is 11.3 Å². The van der Waals surface area contributed by atoms with Crippen LogP contribution in [0.4, 0.5) is 5.69 Å². The summed E-state index contributed by atoms with van der Waals surface area (Å²) >= 11 is 0. The second-order valence-electron chi connectivity index (χ2n) is 5.22. The van der Waals surface area contributed by atoms with Crippen molar-refractivity contribution in [2.75, 3.05) is 32.1 Å². The lowest BCUT2D eigenvalue weighted by Gasteiger charge is -2.15. The second kappa shape index (κ2) is 8.11. The monoisotopic (exact) mass is 346 g/mol. The normalized spacial score (nSPS) is 14.3. The van der Waals surface area contributed by atoms with Crippen LogP contribution in [0, 0.1) is 0 Å². The third-order valence-corrected chi connectivity index (χ3v) is 3.53. The highest BCUT2D eigenvalue weighted by Gasteiger charge is 2.34. The standard InChI is InChI=1S/C17H18N2O6/c1-25-17(24)13-10-19(7-8-20)16(23)15(13)18-12-4-2-3-11(9-12)5-6-14(21)22/h2-6,9,18,20H,7-8,10H2,1H3,(H,21,22). The number of nitrogens with one attached hydrogen (secondary N) is 1. The molecule has 25 heavy (non-hydrogen) atoms. The maximum atomic E-state index is 12.4. The van der Waals surface area contributed by atoms with E-state index in [4.69, 9.17) is 14.9 Å². The summed E-state index contributed by atoms with van der Waals surface area (Å²) in [5, 5.41) is 20.6. The van der Waals surface area contributed by atoms with E-state index in [0.717, 1.165) is 6.08 Å². The van der Waals surface area contributed by atoms with Crippen molar-refractivity contribution in [3.05, 3.63) is 47.2 Å². The lowest BCUT2D eigenvalue weighted by molar-refractivity contribution is -0.136. The number of hydrogen-bond donors (Lipinski definition) is 3. The maximum absolute atomic E-state index is 12.4. The topological polar surface area (TPSA) is 116 Å². The fraction of sp³-hybridized carbons (Fsp3) is 0.235. The van der Waals surface area contributed by atoms with Gasteiger partial charge in [0.15, 0.2) is 0 Å². The number of β-amino-alcohol motifs (C(OH)–C–C–N with tert-alkyl or cyclic N) is 1. The average Bonchev–Trinajstić information content (AvgIpc) is 2.89. The van der Waals surface area contributed by atoms with Gasteiger partial charge in [-0.1, -0.05) is 12.1 Å². The summed E-state index contributed by atoms with van der Waals surface area (Å²) in [5.74, 6) is -2.11. The molecule has 1 aromatic rings. The minimum Gasteiger partial charge on any atom is -0.478 e. The number of carbonyl (C=O) groups excluding carboxylic acids is 2. The van der Waals surface area contributed by atoms with Gasteiger partial charge in [-0.3, -0.25) is 4.79 Å². The van der Waals surface area contributed by atoms with Crippen molar-refractivity contribution >= 4 is 29.6 Å². The van der Waals surface area contributed by atoms with Gasteiger partial charge in [-0.15, -0.1) is 0 Å². The van der Waals surface area contributed by atoms with E-state index in [1.54, 1.807) is 24.3 Å². The lowest BCUT2D eigenvalue weighted by Crippen LogP contribution is -2.31. The average molecular weight is 346 g/mol. The molecule has 0 bridgehead atoms. The Morgan fingerprint density at radius 1 is 1.40 bits per heavy atom. The summed E-state index contributed by atoms with van der Waals surface area (Å²) in [4.78, 5) is 36.3. The van der Waals surface area contributed by atoms with Gasteiger partial charge in [0.2, 0.25) is 0 Å². The minimum absolute atomic E-state index is 0.0486. The Hall–Kier alpha value is -3.13. The maximum Gasteiger partial charge on any atom is 0.337 e. The molecule has 8 heteroatoms. The Morgan fingerprint density at radius 3 is 2.80 bits per heavy atom. The van der Waals surface area contributed by atoms with Crippen molar-refractivity contribution in [2.24, 2.45) is 0 Å². The molecule has 1 aliphatic heterocycles. The number of ether oxygens (including phenoxy) is 1. The number of esters is 1. The molecule has 1 aromatic carbocycles. The zero-order valence-electron chi connectivity index (χ0n) is 13.6. The molecule has 1 amide bonds. The third-order valence-electron chi connectivity index (χ3n) is 3.53. The molecule has 0 fully saturated rings. The second-order valence-corrected chi connectivity index (χ2v) is 5.22. The van der Waals surface area contributed by atoms with Crippen molar-refractivity contribution in [1.82, 2.24) is 4.90 Å². The number of carbonyl (C=O) groups is 3. The predicted octanol–water partition coefficient (Wildman–Crippen LogP) is 0.458. The molecule has 132 valence electrons. The summed E-state index contributed by atoms with van der Waals surface area (Å²) in [6.45, 7) is -0.0676. The number of carboxylic acids is 1. The fourth-order valence-electron chi connectivity index (χ4n) is 2.38. The molecule has 0 aliphatic carbocycles. The molecular formula is C17H18N2O6. The van der Waals surface area contributed by atoms with E-state index >= 15 is 0 Å². The fourth-order valence-corrected chi connectivity index (χ4v) is 2.38. The van der Waals surface area contributed by atoms with Crippen molar-refractivity contribution in [2.45, 2.75) is 0 Å². The number of carboxylic acid groups (broad SMARTS) is 1. The molecule has 8 nitrogen and oxygen atoms in total. The van der Waals surface area contributed by atoms with Crippen molar-refractivity contribution in [1.29, 1.82) is 0 Å². The summed E-state index contributed by atoms with van der Waals surface area (Å²) in [7, 11) is 1.23. The number of aliphatic hydroxyl groups is 1. The molecule has 2 rings (SSSR count). The number of rotatable bonds is 7. The van der Waals surface area contributed by atoms with Gasteiger partial charge in [0.1, 0.15) is 5.70 Å². The quantitative estimate of drug-likeness (QED) is 0.485. The lowest BCUT2D eigenvalue weighted by atomic mass is 10.1. The van der Waals surface area contributed by atoms with E-state index in [2.05, 4.69) is 5.32 Å². The highest BCUT2D eigenvalue weighted by atomic mass is 16.5. The number of methoxy groups -OCH3 is 1. The van der Waals surface area contributed by atoms with Crippen LogP contribution in [-0.4, -0.2) is 59.8 Å². The first kappa shape index (κ1) is 18.2. The molecule has 0 unspecified atom stereocenters. The molecule has 3 N–H and O–H groups in total. The molecule has 1 aliphatic rings. The first-order valence-corrected chi connectivity index (χ1v) is 7.46. The van der Waals surface area contributed by atoms with Gasteiger partial charge in [0.05, 0.1) is 25.8 Å². The molecular weight excluding hydrogens is 328 g/mol. The summed E-state index contributed by atoms with van der Waals surface area (Å²) in [6, 6.07) is 6.72. The van der Waals surface area contributed by atoms with Gasteiger partial charge in [-0.05, 0) is 23.8 Å². The number of aliphatic hydroxyl groups excluding tert-OH is 1. The number of benzene rings is 1. The Morgan fingerprint density at radius 2 is 2.16 bits per heavy atom. The Labute approximate surface area is 144 Å². The summed E-state index contributed by atoms with van der Waals surface area (Å²) < 4.78 is 4.71. The van der Waals surface area contributed by atoms with Crippen LogP contribution >= 0.6 is 0 Å². The number of aliphatic carboxylic acids is 1. The predicted molar refractivity (Wildman–Crippen MR) is 89.4 cm³/mol. The van der Waals surface area contributed by atoms with Gasteiger partial charge in [-0.25, -0.2) is 9.59 Å². The zero-order valence-corrected chi connectivity index (χ0v) is 13.6. The molecule has 0 radical (unpaired) electrons. The van der Waals surface area contributed by atoms with Crippen molar-refractivity contribution in [3.63, 3.8) is 0 Å². The molecule has 0 aromatic heterocycles. The minimum atomic E-state index is -1.07. The van der Waals surface area contributed by atoms with E-state index in [-0.39, 0.29) is 31.0 Å². The van der Waals surface area contributed by atoms with Gasteiger partial charge in [0, 0.05) is 18.3 Å². The van der Waals surface area contributed by atoms with Crippen LogP contribution in [0.5, 0.6) is 0 Å². The Balaban J connectivity index is 2.29. The largest absolute Gasteiger partial charge is 0.478 e. The first-order valence-electron chi connectivity index (χ1n) is 7.46. The summed E-state index contributed by atoms with van der Waals surface area (Å²) in [6.07, 6.45) is 2.42. The summed E-state index contributed by atoms with van der Waals surface area (Å²) in [5.41, 5.74) is 1.39. The first-order chi connectivity index (χ1) is 12.0. The van der Waals surface area contributed by atoms with Crippen LogP contribution in [0.15, 0.2) is 41.6 Å². The number of amides is 1. The molecule has 0 saturated heterocycles. The molecule has 0 atom stereocenters. The van der Waals surface area contributed by atoms with E-state index in [1.165, 1.54) is 18.1 Å². The van der Waals surface area contributed by atoms with Gasteiger partial charge in [-0.2, -0.15) is 0 Å². The molecule has 0 saturated carbocycles. The van der Waals surface area contributed by atoms with Crippen LogP contribution in [0.1, 0.15) is 5.56 Å². The molecule has 1 heterocycles. The van der Waals surface area contributed by atoms with Crippen LogP contribution in [-0.2, 0) is 19.1 Å². The number of hydrogen-bond acceptors (Lipinski definition) is 6. The van der Waals surface area contributed by atoms with E-state index < -0.39 is 17.8 Å². The number of anilines is 1. The smallest absolute Gasteiger partial charge is 0.337 e. The van der Waals surface area contributed by atoms with Crippen LogP contribution < -0.4 is 5.32 Å². The molecule has 0 spiro atoms. The van der Waals surface area contributed by atoms with Crippen LogP contribution in [0.25, 0.3) is 6.08 Å².